The highest BCUT2D eigenvalue weighted by atomic mass is 79.9. The number of hydrogen-bond donors (Lipinski definition) is 1. The summed E-state index contributed by atoms with van der Waals surface area (Å²) in [7, 11) is 0. The summed E-state index contributed by atoms with van der Waals surface area (Å²) in [6.45, 7) is 2.63. The van der Waals surface area contributed by atoms with Gasteiger partial charge in [0.15, 0.2) is 0 Å². The second-order valence-electron chi connectivity index (χ2n) is 3.31. The summed E-state index contributed by atoms with van der Waals surface area (Å²) in [6, 6.07) is 3.92. The zero-order valence-electron chi connectivity index (χ0n) is 8.31. The van der Waals surface area contributed by atoms with Gasteiger partial charge in [-0.3, -0.25) is 4.98 Å². The van der Waals surface area contributed by atoms with Crippen molar-refractivity contribution in [3.05, 3.63) is 40.4 Å². The van der Waals surface area contributed by atoms with E-state index in [1.807, 2.05) is 23.6 Å². The topological polar surface area (TPSA) is 56.7 Å². The van der Waals surface area contributed by atoms with E-state index in [2.05, 4.69) is 25.9 Å². The zero-order chi connectivity index (χ0) is 10.8. The van der Waals surface area contributed by atoms with Crippen LogP contribution >= 0.6 is 15.9 Å². The fourth-order valence-electron chi connectivity index (χ4n) is 1.35. The Hall–Kier alpha value is -1.36. The lowest BCUT2D eigenvalue weighted by Gasteiger charge is -2.06. The molecule has 2 N–H and O–H groups in total. The highest BCUT2D eigenvalue weighted by Gasteiger charge is 2.04. The standard InChI is InChI=1S/C10H11BrN4/c1-7-4-14-10(12)15(7)6-9-3-2-8(11)5-13-9/h2-5H,6H2,1H3,(H2,12,14). The minimum Gasteiger partial charge on any atom is -0.369 e. The molecule has 5 heteroatoms. The second kappa shape index (κ2) is 4.02. The number of aromatic nitrogens is 3. The first-order valence-electron chi connectivity index (χ1n) is 4.55. The molecule has 0 saturated heterocycles. The summed E-state index contributed by atoms with van der Waals surface area (Å²) in [4.78, 5) is 8.32. The van der Waals surface area contributed by atoms with Crippen LogP contribution in [0.1, 0.15) is 11.4 Å². The molecule has 15 heavy (non-hydrogen) atoms. The third kappa shape index (κ3) is 2.18. The maximum absolute atomic E-state index is 5.73. The van der Waals surface area contributed by atoms with Gasteiger partial charge in [0.1, 0.15) is 0 Å². The molecule has 2 aromatic rings. The van der Waals surface area contributed by atoms with Gasteiger partial charge in [0.2, 0.25) is 5.95 Å². The molecule has 0 aromatic carbocycles. The van der Waals surface area contributed by atoms with Crippen molar-refractivity contribution >= 4 is 21.9 Å². The Morgan fingerprint density at radius 1 is 1.33 bits per heavy atom. The summed E-state index contributed by atoms with van der Waals surface area (Å²) in [6.07, 6.45) is 3.53. The minimum absolute atomic E-state index is 0.525. The van der Waals surface area contributed by atoms with Crippen molar-refractivity contribution in [3.63, 3.8) is 0 Å². The maximum Gasteiger partial charge on any atom is 0.200 e. The zero-order valence-corrected chi connectivity index (χ0v) is 9.90. The van der Waals surface area contributed by atoms with E-state index < -0.39 is 0 Å². The monoisotopic (exact) mass is 266 g/mol. The molecule has 0 aliphatic rings. The highest BCUT2D eigenvalue weighted by Crippen LogP contribution is 2.11. The van der Waals surface area contributed by atoms with Crippen molar-refractivity contribution in [1.29, 1.82) is 0 Å². The third-order valence-electron chi connectivity index (χ3n) is 2.19. The van der Waals surface area contributed by atoms with E-state index in [9.17, 15) is 0 Å². The normalized spacial score (nSPS) is 10.5. The Morgan fingerprint density at radius 2 is 2.13 bits per heavy atom. The van der Waals surface area contributed by atoms with Crippen molar-refractivity contribution in [2.45, 2.75) is 13.5 Å². The summed E-state index contributed by atoms with van der Waals surface area (Å²) in [5, 5.41) is 0. The molecule has 0 radical (unpaired) electrons. The predicted molar refractivity (Wildman–Crippen MR) is 62.4 cm³/mol. The first-order valence-corrected chi connectivity index (χ1v) is 5.34. The maximum atomic E-state index is 5.73. The average molecular weight is 267 g/mol. The van der Waals surface area contributed by atoms with Crippen LogP contribution in [0, 0.1) is 6.92 Å². The molecule has 0 atom stereocenters. The number of aryl methyl sites for hydroxylation is 1. The number of nitrogens with zero attached hydrogens (tertiary/aromatic N) is 3. The molecule has 0 amide bonds. The molecule has 0 unspecified atom stereocenters. The lowest BCUT2D eigenvalue weighted by molar-refractivity contribution is 0.760. The van der Waals surface area contributed by atoms with Crippen LogP contribution in [-0.2, 0) is 6.54 Å². The summed E-state index contributed by atoms with van der Waals surface area (Å²) in [5.74, 6) is 0.525. The number of imidazole rings is 1. The van der Waals surface area contributed by atoms with Crippen molar-refractivity contribution < 1.29 is 0 Å². The number of nitrogen functional groups attached to an aromatic ring is 1. The predicted octanol–water partition coefficient (Wildman–Crippen LogP) is 1.98. The van der Waals surface area contributed by atoms with E-state index in [-0.39, 0.29) is 0 Å². The van der Waals surface area contributed by atoms with Gasteiger partial charge in [0.25, 0.3) is 0 Å². The Labute approximate surface area is 96.3 Å². The summed E-state index contributed by atoms with van der Waals surface area (Å²) < 4.78 is 2.90. The first kappa shape index (κ1) is 10.2. The minimum atomic E-state index is 0.525. The van der Waals surface area contributed by atoms with Gasteiger partial charge in [0, 0.05) is 16.4 Å². The molecule has 0 saturated carbocycles. The molecule has 78 valence electrons. The largest absolute Gasteiger partial charge is 0.369 e. The molecule has 2 rings (SSSR count). The quantitative estimate of drug-likeness (QED) is 0.905. The number of rotatable bonds is 2. The van der Waals surface area contributed by atoms with Crippen LogP contribution in [-0.4, -0.2) is 14.5 Å². The molecule has 0 spiro atoms. The number of pyridine rings is 1. The van der Waals surface area contributed by atoms with Crippen LogP contribution in [0.3, 0.4) is 0 Å². The van der Waals surface area contributed by atoms with E-state index in [0.29, 0.717) is 12.5 Å². The number of anilines is 1. The fraction of sp³-hybridized carbons (Fsp3) is 0.200. The van der Waals surface area contributed by atoms with E-state index in [1.54, 1.807) is 12.4 Å². The number of nitrogens with two attached hydrogens (primary N) is 1. The molecule has 2 aromatic heterocycles. The van der Waals surface area contributed by atoms with E-state index in [4.69, 9.17) is 5.73 Å². The van der Waals surface area contributed by atoms with Gasteiger partial charge < -0.3 is 10.3 Å². The van der Waals surface area contributed by atoms with Gasteiger partial charge in [0.05, 0.1) is 18.4 Å². The lowest BCUT2D eigenvalue weighted by atomic mass is 10.3. The molecular formula is C10H11BrN4. The smallest absolute Gasteiger partial charge is 0.200 e. The molecule has 4 nitrogen and oxygen atoms in total. The van der Waals surface area contributed by atoms with Gasteiger partial charge in [-0.05, 0) is 35.0 Å². The van der Waals surface area contributed by atoms with Gasteiger partial charge in [-0.25, -0.2) is 4.98 Å². The Kier molecular flexibility index (Phi) is 2.73. The Bertz CT molecular complexity index is 441. The summed E-state index contributed by atoms with van der Waals surface area (Å²) in [5.41, 5.74) is 7.74. The SMILES string of the molecule is Cc1cnc(N)n1Cc1ccc(Br)cn1. The number of hydrogen-bond acceptors (Lipinski definition) is 3. The molecule has 2 heterocycles. The van der Waals surface area contributed by atoms with Crippen LogP contribution < -0.4 is 5.73 Å². The van der Waals surface area contributed by atoms with Gasteiger partial charge in [-0.1, -0.05) is 0 Å². The average Bonchev–Trinajstić information content (AvgIpc) is 2.53. The van der Waals surface area contributed by atoms with Crippen LogP contribution in [0.15, 0.2) is 29.0 Å². The van der Waals surface area contributed by atoms with Crippen LogP contribution in [0.5, 0.6) is 0 Å². The van der Waals surface area contributed by atoms with Gasteiger partial charge >= 0.3 is 0 Å². The lowest BCUT2D eigenvalue weighted by Crippen LogP contribution is -2.07. The molecular weight excluding hydrogens is 256 g/mol. The number of halogens is 1. The Morgan fingerprint density at radius 3 is 2.67 bits per heavy atom. The van der Waals surface area contributed by atoms with Gasteiger partial charge in [-0.15, -0.1) is 0 Å². The van der Waals surface area contributed by atoms with Crippen molar-refractivity contribution in [2.75, 3.05) is 5.73 Å². The van der Waals surface area contributed by atoms with Crippen molar-refractivity contribution in [1.82, 2.24) is 14.5 Å². The molecule has 0 fully saturated rings. The Balaban J connectivity index is 2.25. The molecule has 0 aliphatic heterocycles. The van der Waals surface area contributed by atoms with Crippen LogP contribution in [0.2, 0.25) is 0 Å². The van der Waals surface area contributed by atoms with E-state index >= 15 is 0 Å². The van der Waals surface area contributed by atoms with Crippen molar-refractivity contribution in [3.8, 4) is 0 Å². The fourth-order valence-corrected chi connectivity index (χ4v) is 1.58. The molecule has 0 bridgehead atoms. The van der Waals surface area contributed by atoms with E-state index in [0.717, 1.165) is 15.9 Å². The van der Waals surface area contributed by atoms with E-state index in [1.165, 1.54) is 0 Å². The third-order valence-corrected chi connectivity index (χ3v) is 2.66. The second-order valence-corrected chi connectivity index (χ2v) is 4.23. The van der Waals surface area contributed by atoms with Crippen molar-refractivity contribution in [2.24, 2.45) is 0 Å². The summed E-state index contributed by atoms with van der Waals surface area (Å²) >= 11 is 3.35. The highest BCUT2D eigenvalue weighted by molar-refractivity contribution is 9.10. The van der Waals surface area contributed by atoms with Crippen LogP contribution in [0.25, 0.3) is 0 Å². The van der Waals surface area contributed by atoms with Gasteiger partial charge in [-0.2, -0.15) is 0 Å². The molecule has 0 aliphatic carbocycles. The van der Waals surface area contributed by atoms with Crippen LogP contribution in [0.4, 0.5) is 5.95 Å². The first-order chi connectivity index (χ1) is 7.16.